The first-order valence-electron chi connectivity index (χ1n) is 8.92. The Kier molecular flexibility index (Phi) is 7.90. The summed E-state index contributed by atoms with van der Waals surface area (Å²) in [5.41, 5.74) is 0. The minimum atomic E-state index is -3.01. The Balaban J connectivity index is 0.00000312. The summed E-state index contributed by atoms with van der Waals surface area (Å²) in [6.45, 7) is 6.40. The van der Waals surface area contributed by atoms with Gasteiger partial charge in [-0.05, 0) is 31.1 Å². The Bertz CT molecular complexity index is 574. The van der Waals surface area contributed by atoms with Gasteiger partial charge in [0.25, 0.3) is 0 Å². The highest BCUT2D eigenvalue weighted by molar-refractivity contribution is 7.90. The highest BCUT2D eigenvalue weighted by atomic mass is 32.2. The van der Waals surface area contributed by atoms with E-state index in [1.54, 1.807) is 0 Å². The molecule has 2 rings (SSSR count). The molecule has 2 amide bonds. The summed E-state index contributed by atoms with van der Waals surface area (Å²) >= 11 is 0. The van der Waals surface area contributed by atoms with Crippen molar-refractivity contribution in [3.05, 3.63) is 0 Å². The Morgan fingerprint density at radius 3 is 2.56 bits per heavy atom. The van der Waals surface area contributed by atoms with Crippen LogP contribution in [0, 0.1) is 11.8 Å². The third-order valence-electron chi connectivity index (χ3n) is 4.96. The smallest absolute Gasteiger partial charge is 0.222 e. The predicted molar refractivity (Wildman–Crippen MR) is 99.9 cm³/mol. The number of likely N-dealkylation sites (tertiary alicyclic amines) is 2. The second kappa shape index (κ2) is 9.01. The lowest BCUT2D eigenvalue weighted by Gasteiger charge is -2.47. The molecular formula is C18H34N2O4S. The van der Waals surface area contributed by atoms with Crippen molar-refractivity contribution in [2.24, 2.45) is 11.8 Å². The first-order chi connectivity index (χ1) is 11.2. The van der Waals surface area contributed by atoms with Crippen LogP contribution in [0.5, 0.6) is 0 Å². The number of amides is 2. The Morgan fingerprint density at radius 2 is 1.96 bits per heavy atom. The summed E-state index contributed by atoms with van der Waals surface area (Å²) in [5.74, 6) is 1.16. The number of nitrogens with zero attached hydrogens (tertiary/aromatic N) is 2. The lowest BCUT2D eigenvalue weighted by molar-refractivity contribution is -0.144. The van der Waals surface area contributed by atoms with Crippen LogP contribution >= 0.6 is 0 Å². The fourth-order valence-corrected chi connectivity index (χ4v) is 4.52. The van der Waals surface area contributed by atoms with Crippen LogP contribution in [0.1, 0.15) is 53.4 Å². The van der Waals surface area contributed by atoms with E-state index in [-0.39, 0.29) is 31.0 Å². The monoisotopic (exact) mass is 374 g/mol. The van der Waals surface area contributed by atoms with Gasteiger partial charge >= 0.3 is 0 Å². The van der Waals surface area contributed by atoms with Gasteiger partial charge in [-0.25, -0.2) is 8.42 Å². The molecule has 0 aromatic rings. The molecule has 0 aliphatic carbocycles. The van der Waals surface area contributed by atoms with E-state index in [1.165, 1.54) is 6.26 Å². The normalized spacial score (nSPS) is 24.1. The van der Waals surface area contributed by atoms with Crippen molar-refractivity contribution in [2.75, 3.05) is 31.6 Å². The fourth-order valence-electron chi connectivity index (χ4n) is 3.85. The molecule has 0 unspecified atom stereocenters. The zero-order valence-electron chi connectivity index (χ0n) is 15.0. The van der Waals surface area contributed by atoms with Crippen molar-refractivity contribution in [1.29, 1.82) is 0 Å². The van der Waals surface area contributed by atoms with E-state index in [0.29, 0.717) is 44.2 Å². The molecule has 0 aromatic heterocycles. The van der Waals surface area contributed by atoms with E-state index >= 15 is 0 Å². The van der Waals surface area contributed by atoms with Crippen molar-refractivity contribution < 1.29 is 18.0 Å². The van der Waals surface area contributed by atoms with Crippen molar-refractivity contribution in [1.82, 2.24) is 9.80 Å². The molecule has 0 saturated carbocycles. The molecule has 2 heterocycles. The molecule has 25 heavy (non-hydrogen) atoms. The first-order valence-corrected chi connectivity index (χ1v) is 11.0. The van der Waals surface area contributed by atoms with Crippen LogP contribution in [0.2, 0.25) is 0 Å². The second-order valence-electron chi connectivity index (χ2n) is 7.67. The number of hydrogen-bond donors (Lipinski definition) is 0. The molecule has 6 nitrogen and oxygen atoms in total. The highest BCUT2D eigenvalue weighted by Crippen LogP contribution is 2.32. The quantitative estimate of drug-likeness (QED) is 0.712. The minimum absolute atomic E-state index is 0. The van der Waals surface area contributed by atoms with Gasteiger partial charge in [-0.1, -0.05) is 21.3 Å². The molecule has 0 spiro atoms. The predicted octanol–water partition coefficient (Wildman–Crippen LogP) is 1.94. The molecule has 0 radical (unpaired) electrons. The number of carbonyl (C=O) groups is 2. The molecule has 2 aliphatic heterocycles. The van der Waals surface area contributed by atoms with Gasteiger partial charge in [-0.2, -0.15) is 0 Å². The van der Waals surface area contributed by atoms with Gasteiger partial charge in [0.1, 0.15) is 9.84 Å². The van der Waals surface area contributed by atoms with E-state index in [4.69, 9.17) is 0 Å². The largest absolute Gasteiger partial charge is 0.342 e. The molecule has 2 saturated heterocycles. The van der Waals surface area contributed by atoms with E-state index in [1.807, 2.05) is 9.80 Å². The molecule has 2 atom stereocenters. The summed E-state index contributed by atoms with van der Waals surface area (Å²) in [5, 5.41) is 0. The number of rotatable bonds is 6. The van der Waals surface area contributed by atoms with Gasteiger partial charge in [0.05, 0.1) is 5.75 Å². The molecule has 2 aliphatic rings. The van der Waals surface area contributed by atoms with Gasteiger partial charge in [0.15, 0.2) is 0 Å². The topological polar surface area (TPSA) is 74.8 Å². The third kappa shape index (κ3) is 6.28. The molecular weight excluding hydrogens is 340 g/mol. The van der Waals surface area contributed by atoms with Crippen molar-refractivity contribution in [3.63, 3.8) is 0 Å². The van der Waals surface area contributed by atoms with Gasteiger partial charge in [-0.3, -0.25) is 9.59 Å². The number of piperidine rings is 2. The van der Waals surface area contributed by atoms with Gasteiger partial charge in [-0.15, -0.1) is 0 Å². The maximum absolute atomic E-state index is 12.3. The zero-order chi connectivity index (χ0) is 17.9. The van der Waals surface area contributed by atoms with Crippen LogP contribution in [0.25, 0.3) is 0 Å². The third-order valence-corrected chi connectivity index (χ3v) is 5.99. The number of sulfone groups is 1. The standard InChI is InChI=1S/C17H30N2O4S.CH4/c1-13(2)11-19-15-8-9-18(12-14(15)6-7-17(19)21)16(20)5-4-10-24(3,22)23;/h13-15H,4-12H2,1-3H3;1H4/t14-,15+;/m1./s1. The molecule has 2 fully saturated rings. The second-order valence-corrected chi connectivity index (χ2v) is 9.93. The fraction of sp³-hybridized carbons (Fsp3) is 0.889. The Morgan fingerprint density at radius 1 is 1.28 bits per heavy atom. The summed E-state index contributed by atoms with van der Waals surface area (Å²) in [7, 11) is -3.01. The molecule has 0 bridgehead atoms. The molecule has 7 heteroatoms. The average Bonchev–Trinajstić information content (AvgIpc) is 2.48. The van der Waals surface area contributed by atoms with Gasteiger partial charge in [0, 0.05) is 44.8 Å². The Hall–Kier alpha value is -1.11. The average molecular weight is 375 g/mol. The number of fused-ring (bicyclic) bond motifs is 1. The maximum atomic E-state index is 12.3. The number of carbonyl (C=O) groups excluding carboxylic acids is 2. The van der Waals surface area contributed by atoms with E-state index in [9.17, 15) is 18.0 Å². The number of hydrogen-bond acceptors (Lipinski definition) is 4. The van der Waals surface area contributed by atoms with Crippen LogP contribution < -0.4 is 0 Å². The summed E-state index contributed by atoms with van der Waals surface area (Å²) < 4.78 is 22.3. The molecule has 0 aromatic carbocycles. The van der Waals surface area contributed by atoms with Crippen molar-refractivity contribution >= 4 is 21.7 Å². The lowest BCUT2D eigenvalue weighted by Crippen LogP contribution is -2.57. The molecule has 146 valence electrons. The minimum Gasteiger partial charge on any atom is -0.342 e. The van der Waals surface area contributed by atoms with E-state index < -0.39 is 9.84 Å². The summed E-state index contributed by atoms with van der Waals surface area (Å²) in [4.78, 5) is 28.5. The highest BCUT2D eigenvalue weighted by Gasteiger charge is 2.40. The van der Waals surface area contributed by atoms with Crippen LogP contribution in [-0.2, 0) is 19.4 Å². The van der Waals surface area contributed by atoms with Crippen LogP contribution in [0.3, 0.4) is 0 Å². The van der Waals surface area contributed by atoms with Crippen molar-refractivity contribution in [2.45, 2.75) is 59.4 Å². The lowest BCUT2D eigenvalue weighted by atomic mass is 9.83. The molecule has 0 N–H and O–H groups in total. The van der Waals surface area contributed by atoms with Gasteiger partial charge in [0.2, 0.25) is 11.8 Å². The van der Waals surface area contributed by atoms with Gasteiger partial charge < -0.3 is 9.80 Å². The van der Waals surface area contributed by atoms with Crippen LogP contribution in [0.4, 0.5) is 0 Å². The van der Waals surface area contributed by atoms with E-state index in [0.717, 1.165) is 19.4 Å². The Labute approximate surface area is 152 Å². The van der Waals surface area contributed by atoms with Crippen LogP contribution in [0.15, 0.2) is 0 Å². The van der Waals surface area contributed by atoms with E-state index in [2.05, 4.69) is 13.8 Å². The maximum Gasteiger partial charge on any atom is 0.222 e. The van der Waals surface area contributed by atoms with Crippen LogP contribution in [-0.4, -0.2) is 67.7 Å². The SMILES string of the molecule is C.CC(C)CN1C(=O)CC[C@@H]2CN(C(=O)CCCS(C)(=O)=O)CC[C@@H]21. The van der Waals surface area contributed by atoms with Crippen molar-refractivity contribution in [3.8, 4) is 0 Å². The summed E-state index contributed by atoms with van der Waals surface area (Å²) in [6.07, 6.45) is 4.14. The summed E-state index contributed by atoms with van der Waals surface area (Å²) in [6, 6.07) is 0.258. The zero-order valence-corrected chi connectivity index (χ0v) is 15.8. The first kappa shape index (κ1) is 21.9.